The van der Waals surface area contributed by atoms with Crippen molar-refractivity contribution in [1.82, 2.24) is 20.2 Å². The summed E-state index contributed by atoms with van der Waals surface area (Å²) in [7, 11) is 3.44. The standard InChI is InChI=1S/C22H28N4O3/c1-5-11-26(3)20(27)7-6-10-23-22(28)19-13-17-16-9-8-15(29-4)12-18(16)25-21(17)14(2)24-19/h8-9,12-13,25H,5-7,10-11H2,1-4H3,(H,23,28). The maximum absolute atomic E-state index is 12.6. The number of rotatable bonds is 8. The second kappa shape index (κ2) is 8.94. The van der Waals surface area contributed by atoms with Crippen molar-refractivity contribution in [2.24, 2.45) is 0 Å². The number of methoxy groups -OCH3 is 1. The van der Waals surface area contributed by atoms with E-state index in [2.05, 4.69) is 15.3 Å². The van der Waals surface area contributed by atoms with E-state index in [0.717, 1.165) is 46.2 Å². The molecule has 0 saturated carbocycles. The number of H-pyrrole nitrogens is 1. The highest BCUT2D eigenvalue weighted by molar-refractivity contribution is 6.10. The number of nitrogens with one attached hydrogen (secondary N) is 2. The van der Waals surface area contributed by atoms with Crippen LogP contribution in [0.1, 0.15) is 42.4 Å². The summed E-state index contributed by atoms with van der Waals surface area (Å²) in [6.07, 6.45) is 1.96. The Kier molecular flexibility index (Phi) is 6.36. The molecule has 29 heavy (non-hydrogen) atoms. The zero-order chi connectivity index (χ0) is 21.0. The van der Waals surface area contributed by atoms with E-state index in [9.17, 15) is 9.59 Å². The van der Waals surface area contributed by atoms with Crippen LogP contribution in [0, 0.1) is 6.92 Å². The zero-order valence-corrected chi connectivity index (χ0v) is 17.5. The Morgan fingerprint density at radius 3 is 2.76 bits per heavy atom. The first-order chi connectivity index (χ1) is 13.9. The van der Waals surface area contributed by atoms with E-state index in [1.807, 2.05) is 45.2 Å². The van der Waals surface area contributed by atoms with E-state index in [0.29, 0.717) is 25.1 Å². The van der Waals surface area contributed by atoms with Crippen LogP contribution < -0.4 is 10.1 Å². The molecule has 0 aliphatic heterocycles. The summed E-state index contributed by atoms with van der Waals surface area (Å²) in [5.41, 5.74) is 2.99. The SMILES string of the molecule is CCCN(C)C(=O)CCCNC(=O)c1cc2c([nH]c3cc(OC)ccc32)c(C)n1. The maximum atomic E-state index is 12.6. The molecule has 2 amide bonds. The third-order valence-electron chi connectivity index (χ3n) is 5.05. The van der Waals surface area contributed by atoms with Crippen LogP contribution in [-0.2, 0) is 4.79 Å². The third-order valence-corrected chi connectivity index (χ3v) is 5.05. The minimum Gasteiger partial charge on any atom is -0.497 e. The van der Waals surface area contributed by atoms with Crippen LogP contribution in [-0.4, -0.2) is 53.9 Å². The highest BCUT2D eigenvalue weighted by Crippen LogP contribution is 2.30. The van der Waals surface area contributed by atoms with E-state index in [1.165, 1.54) is 0 Å². The number of aromatic amines is 1. The minimum atomic E-state index is -0.229. The molecule has 1 aromatic carbocycles. The van der Waals surface area contributed by atoms with Gasteiger partial charge in [-0.1, -0.05) is 6.92 Å². The predicted octanol–water partition coefficient (Wildman–Crippen LogP) is 3.41. The topological polar surface area (TPSA) is 87.3 Å². The van der Waals surface area contributed by atoms with Gasteiger partial charge in [0, 0.05) is 43.4 Å². The molecule has 2 N–H and O–H groups in total. The zero-order valence-electron chi connectivity index (χ0n) is 17.5. The van der Waals surface area contributed by atoms with Crippen molar-refractivity contribution in [3.63, 3.8) is 0 Å². The Balaban J connectivity index is 1.70. The molecule has 154 valence electrons. The van der Waals surface area contributed by atoms with Crippen molar-refractivity contribution < 1.29 is 14.3 Å². The molecule has 0 atom stereocenters. The first-order valence-electron chi connectivity index (χ1n) is 9.93. The van der Waals surface area contributed by atoms with Crippen LogP contribution in [0.4, 0.5) is 0 Å². The van der Waals surface area contributed by atoms with Crippen LogP contribution in [0.3, 0.4) is 0 Å². The molecule has 2 heterocycles. The Morgan fingerprint density at radius 1 is 1.24 bits per heavy atom. The van der Waals surface area contributed by atoms with Gasteiger partial charge in [0.05, 0.1) is 23.8 Å². The number of nitrogens with zero attached hydrogens (tertiary/aromatic N) is 2. The van der Waals surface area contributed by atoms with E-state index >= 15 is 0 Å². The van der Waals surface area contributed by atoms with Gasteiger partial charge in [0.25, 0.3) is 5.91 Å². The summed E-state index contributed by atoms with van der Waals surface area (Å²) in [5.74, 6) is 0.643. The molecule has 7 heteroatoms. The normalized spacial score (nSPS) is 11.0. The molecule has 0 aliphatic carbocycles. The van der Waals surface area contributed by atoms with Gasteiger partial charge in [0.15, 0.2) is 0 Å². The number of fused-ring (bicyclic) bond motifs is 3. The summed E-state index contributed by atoms with van der Waals surface area (Å²) in [6.45, 7) is 5.12. The van der Waals surface area contributed by atoms with E-state index in [1.54, 1.807) is 12.0 Å². The van der Waals surface area contributed by atoms with E-state index in [-0.39, 0.29) is 11.8 Å². The molecule has 0 bridgehead atoms. The van der Waals surface area contributed by atoms with Gasteiger partial charge in [-0.3, -0.25) is 9.59 Å². The monoisotopic (exact) mass is 396 g/mol. The van der Waals surface area contributed by atoms with Crippen molar-refractivity contribution in [2.75, 3.05) is 27.2 Å². The van der Waals surface area contributed by atoms with Crippen molar-refractivity contribution in [3.05, 3.63) is 35.7 Å². The fourth-order valence-corrected chi connectivity index (χ4v) is 3.47. The summed E-state index contributed by atoms with van der Waals surface area (Å²) in [5, 5.41) is 4.85. The lowest BCUT2D eigenvalue weighted by atomic mass is 10.1. The molecule has 0 aliphatic rings. The number of hydrogen-bond acceptors (Lipinski definition) is 4. The molecule has 3 aromatic rings. The molecule has 2 aromatic heterocycles. The van der Waals surface area contributed by atoms with Gasteiger partial charge in [-0.15, -0.1) is 0 Å². The van der Waals surface area contributed by atoms with Gasteiger partial charge < -0.3 is 19.9 Å². The largest absolute Gasteiger partial charge is 0.497 e. The second-order valence-corrected chi connectivity index (χ2v) is 7.23. The number of aryl methyl sites for hydroxylation is 1. The van der Waals surface area contributed by atoms with Gasteiger partial charge in [-0.05, 0) is 38.0 Å². The van der Waals surface area contributed by atoms with Gasteiger partial charge >= 0.3 is 0 Å². The highest BCUT2D eigenvalue weighted by atomic mass is 16.5. The minimum absolute atomic E-state index is 0.103. The first kappa shape index (κ1) is 20.6. The number of benzene rings is 1. The molecule has 7 nitrogen and oxygen atoms in total. The molecule has 0 fully saturated rings. The molecule has 0 saturated heterocycles. The van der Waals surface area contributed by atoms with Crippen LogP contribution in [0.5, 0.6) is 5.75 Å². The van der Waals surface area contributed by atoms with Crippen molar-refractivity contribution in [2.45, 2.75) is 33.1 Å². The van der Waals surface area contributed by atoms with Crippen molar-refractivity contribution in [1.29, 1.82) is 0 Å². The lowest BCUT2D eigenvalue weighted by Gasteiger charge is -2.15. The maximum Gasteiger partial charge on any atom is 0.269 e. The molecule has 3 rings (SSSR count). The Hall–Kier alpha value is -3.09. The van der Waals surface area contributed by atoms with Crippen LogP contribution in [0.25, 0.3) is 21.8 Å². The fraction of sp³-hybridized carbons (Fsp3) is 0.409. The third kappa shape index (κ3) is 4.50. The van der Waals surface area contributed by atoms with Gasteiger partial charge in [0.1, 0.15) is 11.4 Å². The molecule has 0 spiro atoms. The fourth-order valence-electron chi connectivity index (χ4n) is 3.47. The molecule has 0 unspecified atom stereocenters. The van der Waals surface area contributed by atoms with Gasteiger partial charge in [-0.2, -0.15) is 0 Å². The van der Waals surface area contributed by atoms with Crippen LogP contribution in [0.15, 0.2) is 24.3 Å². The van der Waals surface area contributed by atoms with E-state index < -0.39 is 0 Å². The quantitative estimate of drug-likeness (QED) is 0.571. The Morgan fingerprint density at radius 2 is 2.03 bits per heavy atom. The average molecular weight is 396 g/mol. The molecular formula is C22H28N4O3. The number of aromatic nitrogens is 2. The Bertz CT molecular complexity index is 1040. The van der Waals surface area contributed by atoms with Crippen LogP contribution >= 0.6 is 0 Å². The summed E-state index contributed by atoms with van der Waals surface area (Å²) in [4.78, 5) is 34.1. The van der Waals surface area contributed by atoms with Crippen molar-refractivity contribution in [3.8, 4) is 5.75 Å². The van der Waals surface area contributed by atoms with Gasteiger partial charge in [-0.25, -0.2) is 4.98 Å². The summed E-state index contributed by atoms with van der Waals surface area (Å²) >= 11 is 0. The highest BCUT2D eigenvalue weighted by Gasteiger charge is 2.14. The summed E-state index contributed by atoms with van der Waals surface area (Å²) < 4.78 is 5.28. The Labute approximate surface area is 170 Å². The number of carbonyl (C=O) groups excluding carboxylic acids is 2. The smallest absolute Gasteiger partial charge is 0.269 e. The molecule has 0 radical (unpaired) electrons. The lowest BCUT2D eigenvalue weighted by molar-refractivity contribution is -0.130. The predicted molar refractivity (Wildman–Crippen MR) is 114 cm³/mol. The number of carbonyl (C=O) groups is 2. The average Bonchev–Trinajstić information content (AvgIpc) is 3.09. The van der Waals surface area contributed by atoms with Crippen molar-refractivity contribution >= 4 is 33.6 Å². The van der Waals surface area contributed by atoms with E-state index in [4.69, 9.17) is 4.74 Å². The number of ether oxygens (including phenoxy) is 1. The second-order valence-electron chi connectivity index (χ2n) is 7.23. The number of pyridine rings is 1. The molecular weight excluding hydrogens is 368 g/mol. The number of amides is 2. The first-order valence-corrected chi connectivity index (χ1v) is 9.93. The summed E-state index contributed by atoms with van der Waals surface area (Å²) in [6, 6.07) is 7.62. The number of hydrogen-bond donors (Lipinski definition) is 2. The lowest BCUT2D eigenvalue weighted by Crippen LogP contribution is -2.29. The van der Waals surface area contributed by atoms with Gasteiger partial charge in [0.2, 0.25) is 5.91 Å². The van der Waals surface area contributed by atoms with Crippen LogP contribution in [0.2, 0.25) is 0 Å².